The summed E-state index contributed by atoms with van der Waals surface area (Å²) in [5, 5.41) is 8.75. The second-order valence-corrected chi connectivity index (χ2v) is 7.43. The number of benzene rings is 2. The first-order chi connectivity index (χ1) is 13.9. The minimum absolute atomic E-state index is 0.00436. The van der Waals surface area contributed by atoms with Crippen molar-refractivity contribution < 1.29 is 8.83 Å². The smallest absolute Gasteiger partial charge is 0.138 e. The third-order valence-electron chi connectivity index (χ3n) is 5.69. The van der Waals surface area contributed by atoms with Gasteiger partial charge in [-0.05, 0) is 37.1 Å². The predicted molar refractivity (Wildman–Crippen MR) is 110 cm³/mol. The normalized spacial score (nSPS) is 21.0. The summed E-state index contributed by atoms with van der Waals surface area (Å²) in [4.78, 5) is 0. The molecule has 4 aromatic rings. The van der Waals surface area contributed by atoms with Crippen molar-refractivity contribution in [2.75, 3.05) is 6.54 Å². The van der Waals surface area contributed by atoms with E-state index < -0.39 is 0 Å². The molecule has 0 aliphatic carbocycles. The van der Waals surface area contributed by atoms with Crippen molar-refractivity contribution in [2.45, 2.75) is 31.0 Å². The van der Waals surface area contributed by atoms with Crippen LogP contribution in [-0.4, -0.2) is 12.6 Å². The summed E-state index contributed by atoms with van der Waals surface area (Å²) in [6.45, 7) is 1.04. The van der Waals surface area contributed by atoms with E-state index in [0.29, 0.717) is 6.04 Å². The SMILES string of the molecule is c1ccc(C2NCCCC2NC(c2ccoc2)c2cccc3ccoc23)cc1. The van der Waals surface area contributed by atoms with E-state index in [-0.39, 0.29) is 12.1 Å². The van der Waals surface area contributed by atoms with Crippen LogP contribution in [0.4, 0.5) is 0 Å². The first-order valence-corrected chi connectivity index (χ1v) is 9.93. The third kappa shape index (κ3) is 3.26. The number of para-hydroxylation sites is 1. The Hall–Kier alpha value is -2.82. The Balaban J connectivity index is 1.52. The Bertz CT molecular complexity index is 1020. The quantitative estimate of drug-likeness (QED) is 0.506. The zero-order valence-corrected chi connectivity index (χ0v) is 15.7. The van der Waals surface area contributed by atoms with Crippen LogP contribution in [0, 0.1) is 0 Å². The molecule has 0 bridgehead atoms. The number of fused-ring (bicyclic) bond motifs is 1. The summed E-state index contributed by atoms with van der Waals surface area (Å²) in [7, 11) is 0. The van der Waals surface area contributed by atoms with Crippen molar-refractivity contribution in [3.8, 4) is 0 Å². The standard InChI is InChI=1S/C24H24N2O2/c1-2-6-17(7-3-1)23-21(10-5-13-25-23)26-22(19-11-14-27-16-19)20-9-4-8-18-12-15-28-24(18)20/h1-4,6-9,11-12,14-16,21-23,25-26H,5,10,13H2. The van der Waals surface area contributed by atoms with Gasteiger partial charge in [-0.1, -0.05) is 48.5 Å². The van der Waals surface area contributed by atoms with Gasteiger partial charge in [0.25, 0.3) is 0 Å². The summed E-state index contributed by atoms with van der Waals surface area (Å²) < 4.78 is 11.3. The van der Waals surface area contributed by atoms with Crippen LogP contribution in [0.1, 0.15) is 41.6 Å². The zero-order chi connectivity index (χ0) is 18.8. The molecule has 5 rings (SSSR count). The molecule has 4 nitrogen and oxygen atoms in total. The van der Waals surface area contributed by atoms with Crippen LogP contribution in [0.3, 0.4) is 0 Å². The van der Waals surface area contributed by atoms with Crippen molar-refractivity contribution in [3.63, 3.8) is 0 Å². The molecule has 1 aliphatic heterocycles. The van der Waals surface area contributed by atoms with Gasteiger partial charge in [0.2, 0.25) is 0 Å². The molecule has 0 radical (unpaired) electrons. The third-order valence-corrected chi connectivity index (χ3v) is 5.69. The highest BCUT2D eigenvalue weighted by atomic mass is 16.3. The molecule has 4 heteroatoms. The molecule has 1 saturated heterocycles. The van der Waals surface area contributed by atoms with E-state index in [1.54, 1.807) is 12.5 Å². The number of hydrogen-bond acceptors (Lipinski definition) is 4. The summed E-state index contributed by atoms with van der Waals surface area (Å²) in [5.74, 6) is 0. The van der Waals surface area contributed by atoms with Crippen LogP contribution < -0.4 is 10.6 Å². The maximum atomic E-state index is 5.84. The zero-order valence-electron chi connectivity index (χ0n) is 15.7. The van der Waals surface area contributed by atoms with Gasteiger partial charge in [0.1, 0.15) is 5.58 Å². The van der Waals surface area contributed by atoms with Crippen LogP contribution in [0.2, 0.25) is 0 Å². The van der Waals surface area contributed by atoms with Crippen molar-refractivity contribution in [1.82, 2.24) is 10.6 Å². The van der Waals surface area contributed by atoms with Crippen LogP contribution >= 0.6 is 0 Å². The molecule has 2 N–H and O–H groups in total. The van der Waals surface area contributed by atoms with Crippen LogP contribution in [0.5, 0.6) is 0 Å². The van der Waals surface area contributed by atoms with Gasteiger partial charge in [0.05, 0.1) is 24.8 Å². The molecule has 3 heterocycles. The number of hydrogen-bond donors (Lipinski definition) is 2. The van der Waals surface area contributed by atoms with E-state index in [2.05, 4.69) is 59.2 Å². The van der Waals surface area contributed by atoms with Gasteiger partial charge in [-0.2, -0.15) is 0 Å². The molecule has 3 atom stereocenters. The lowest BCUT2D eigenvalue weighted by Gasteiger charge is -2.36. The second kappa shape index (κ2) is 7.66. The molecule has 2 aromatic carbocycles. The Morgan fingerprint density at radius 3 is 2.75 bits per heavy atom. The van der Waals surface area contributed by atoms with E-state index in [1.165, 1.54) is 5.56 Å². The number of furan rings is 2. The Morgan fingerprint density at radius 2 is 1.89 bits per heavy atom. The molecular formula is C24H24N2O2. The molecule has 2 aromatic heterocycles. The lowest BCUT2D eigenvalue weighted by molar-refractivity contribution is 0.292. The van der Waals surface area contributed by atoms with Gasteiger partial charge in [-0.25, -0.2) is 0 Å². The minimum atomic E-state index is 0.00436. The maximum absolute atomic E-state index is 5.84. The predicted octanol–water partition coefficient (Wildman–Crippen LogP) is 5.20. The highest BCUT2D eigenvalue weighted by Gasteiger charge is 2.30. The van der Waals surface area contributed by atoms with Crippen molar-refractivity contribution in [1.29, 1.82) is 0 Å². The summed E-state index contributed by atoms with van der Waals surface area (Å²) in [6, 6.07) is 21.7. The highest BCUT2D eigenvalue weighted by Crippen LogP contribution is 2.33. The van der Waals surface area contributed by atoms with E-state index in [4.69, 9.17) is 8.83 Å². The molecule has 28 heavy (non-hydrogen) atoms. The largest absolute Gasteiger partial charge is 0.472 e. The van der Waals surface area contributed by atoms with Crippen molar-refractivity contribution in [2.24, 2.45) is 0 Å². The molecule has 0 saturated carbocycles. The molecule has 1 fully saturated rings. The summed E-state index contributed by atoms with van der Waals surface area (Å²) >= 11 is 0. The van der Waals surface area contributed by atoms with E-state index in [9.17, 15) is 0 Å². The fraction of sp³-hybridized carbons (Fsp3) is 0.250. The molecule has 142 valence electrons. The molecule has 0 spiro atoms. The number of nitrogens with one attached hydrogen (secondary N) is 2. The van der Waals surface area contributed by atoms with Crippen molar-refractivity contribution >= 4 is 11.0 Å². The van der Waals surface area contributed by atoms with E-state index in [0.717, 1.165) is 41.5 Å². The topological polar surface area (TPSA) is 50.3 Å². The Kier molecular flexibility index (Phi) is 4.73. The summed E-state index contributed by atoms with van der Waals surface area (Å²) in [5.41, 5.74) is 4.51. The fourth-order valence-corrected chi connectivity index (χ4v) is 4.34. The first kappa shape index (κ1) is 17.3. The number of piperidine rings is 1. The summed E-state index contributed by atoms with van der Waals surface area (Å²) in [6.07, 6.45) is 7.60. The van der Waals surface area contributed by atoms with Crippen molar-refractivity contribution in [3.05, 3.63) is 96.1 Å². The fourth-order valence-electron chi connectivity index (χ4n) is 4.34. The highest BCUT2D eigenvalue weighted by molar-refractivity contribution is 5.81. The van der Waals surface area contributed by atoms with E-state index >= 15 is 0 Å². The van der Waals surface area contributed by atoms with Crippen LogP contribution in [0.15, 0.2) is 88.3 Å². The molecular weight excluding hydrogens is 348 g/mol. The molecule has 0 amide bonds. The van der Waals surface area contributed by atoms with Gasteiger partial charge < -0.3 is 19.5 Å². The van der Waals surface area contributed by atoms with Crippen LogP contribution in [-0.2, 0) is 0 Å². The minimum Gasteiger partial charge on any atom is -0.472 e. The molecule has 3 unspecified atom stereocenters. The lowest BCUT2D eigenvalue weighted by atomic mass is 9.90. The molecule has 1 aliphatic rings. The van der Waals surface area contributed by atoms with Gasteiger partial charge >= 0.3 is 0 Å². The van der Waals surface area contributed by atoms with Gasteiger partial charge in [0, 0.05) is 28.6 Å². The number of rotatable bonds is 5. The van der Waals surface area contributed by atoms with Crippen LogP contribution in [0.25, 0.3) is 11.0 Å². The monoisotopic (exact) mass is 372 g/mol. The average Bonchev–Trinajstić information content (AvgIpc) is 3.45. The van der Waals surface area contributed by atoms with E-state index in [1.807, 2.05) is 18.4 Å². The second-order valence-electron chi connectivity index (χ2n) is 7.43. The lowest BCUT2D eigenvalue weighted by Crippen LogP contribution is -2.47. The Labute approximate surface area is 164 Å². The average molecular weight is 372 g/mol. The Morgan fingerprint density at radius 1 is 0.964 bits per heavy atom. The van der Waals surface area contributed by atoms with Gasteiger partial charge in [-0.3, -0.25) is 0 Å². The van der Waals surface area contributed by atoms with Gasteiger partial charge in [0.15, 0.2) is 0 Å². The maximum Gasteiger partial charge on any atom is 0.138 e. The van der Waals surface area contributed by atoms with Gasteiger partial charge in [-0.15, -0.1) is 0 Å². The first-order valence-electron chi connectivity index (χ1n) is 9.93.